The first-order valence-corrected chi connectivity index (χ1v) is 29.9. The maximum atomic E-state index is 2.58. The first-order chi connectivity index (χ1) is 37.7. The second kappa shape index (κ2) is 20.9. The van der Waals surface area contributed by atoms with Gasteiger partial charge in [0.2, 0.25) is 0 Å². The Hall–Kier alpha value is -6.90. The lowest BCUT2D eigenvalue weighted by Gasteiger charge is -2.30. The van der Waals surface area contributed by atoms with Crippen LogP contribution < -0.4 is 9.80 Å². The number of rotatable bonds is 10. The minimum absolute atomic E-state index is 0.633. The summed E-state index contributed by atoms with van der Waals surface area (Å²) < 4.78 is 0. The highest BCUT2D eigenvalue weighted by Gasteiger charge is 2.26. The largest absolute Gasteiger partial charge is 0.310 e. The van der Waals surface area contributed by atoms with Gasteiger partial charge in [0.15, 0.2) is 0 Å². The van der Waals surface area contributed by atoms with Crippen LogP contribution in [0.15, 0.2) is 182 Å². The van der Waals surface area contributed by atoms with E-state index in [1.54, 1.807) is 0 Å². The van der Waals surface area contributed by atoms with Gasteiger partial charge in [-0.25, -0.2) is 0 Å². The zero-order chi connectivity index (χ0) is 50.4. The molecule has 4 saturated carbocycles. The highest BCUT2D eigenvalue weighted by molar-refractivity contribution is 6.39. The predicted molar refractivity (Wildman–Crippen MR) is 327 cm³/mol. The fourth-order valence-electron chi connectivity index (χ4n) is 15.2. The highest BCUT2D eigenvalue weighted by Crippen LogP contribution is 2.49. The van der Waals surface area contributed by atoms with Crippen molar-refractivity contribution < 1.29 is 0 Å². The Bertz CT molecular complexity index is 3360. The van der Waals surface area contributed by atoms with Crippen LogP contribution in [0.4, 0.5) is 34.1 Å². The van der Waals surface area contributed by atoms with Gasteiger partial charge in [-0.3, -0.25) is 0 Å². The summed E-state index contributed by atoms with van der Waals surface area (Å²) in [5.41, 5.74) is 13.4. The molecule has 380 valence electrons. The molecule has 0 aromatic heterocycles. The van der Waals surface area contributed by atoms with E-state index in [9.17, 15) is 0 Å². The van der Waals surface area contributed by atoms with Gasteiger partial charge in [-0.15, -0.1) is 0 Å². The molecule has 0 radical (unpaired) electrons. The van der Waals surface area contributed by atoms with Crippen molar-refractivity contribution in [1.82, 2.24) is 0 Å². The number of nitrogens with zero attached hydrogens (tertiary/aromatic N) is 2. The SMILES string of the molecule is c1cc(C2CCCCC2)cc(N(c2cccc(C3CCCCC3)c2)c2ccc3c(c2)c2ccccc2c2c4ccc(N(c5cccc(C6CCCCC6)c5)c5cccc(C6CCCCC6)c5)cc4c4ccccc4c32)c1. The Labute approximate surface area is 451 Å². The zero-order valence-corrected chi connectivity index (χ0v) is 44.7. The third kappa shape index (κ3) is 8.94. The lowest BCUT2D eigenvalue weighted by atomic mass is 9.83. The Balaban J connectivity index is 0.955. The fourth-order valence-corrected chi connectivity index (χ4v) is 15.2. The zero-order valence-electron chi connectivity index (χ0n) is 44.7. The van der Waals surface area contributed by atoms with Crippen molar-refractivity contribution in [2.75, 3.05) is 9.80 Å². The van der Waals surface area contributed by atoms with Crippen LogP contribution in [-0.2, 0) is 0 Å². The molecule has 0 bridgehead atoms. The fraction of sp³-hybridized carbons (Fsp3) is 0.324. The van der Waals surface area contributed by atoms with E-state index >= 15 is 0 Å². The molecule has 76 heavy (non-hydrogen) atoms. The molecule has 10 aromatic carbocycles. The van der Waals surface area contributed by atoms with E-state index in [0.717, 1.165) is 0 Å². The predicted octanol–water partition coefficient (Wildman–Crippen LogP) is 22.6. The first-order valence-electron chi connectivity index (χ1n) is 29.9. The molecule has 14 rings (SSSR count). The molecule has 4 aliphatic carbocycles. The van der Waals surface area contributed by atoms with Crippen LogP contribution in [0.5, 0.6) is 0 Å². The summed E-state index contributed by atoms with van der Waals surface area (Å²) in [6.07, 6.45) is 26.5. The summed E-state index contributed by atoms with van der Waals surface area (Å²) in [5.74, 6) is 2.53. The topological polar surface area (TPSA) is 6.48 Å². The first kappa shape index (κ1) is 47.5. The summed E-state index contributed by atoms with van der Waals surface area (Å²) in [6.45, 7) is 0. The van der Waals surface area contributed by atoms with E-state index in [-0.39, 0.29) is 0 Å². The molecule has 0 unspecified atom stereocenters. The molecule has 2 nitrogen and oxygen atoms in total. The van der Waals surface area contributed by atoms with Gasteiger partial charge >= 0.3 is 0 Å². The average Bonchev–Trinajstić information content (AvgIpc) is 3.56. The molecule has 2 heteroatoms. The van der Waals surface area contributed by atoms with Gasteiger partial charge in [-0.1, -0.05) is 186 Å². The Morgan fingerprint density at radius 3 is 0.776 bits per heavy atom. The van der Waals surface area contributed by atoms with Gasteiger partial charge in [0.25, 0.3) is 0 Å². The molecular weight excluding hydrogens is 917 g/mol. The van der Waals surface area contributed by atoms with Crippen molar-refractivity contribution >= 4 is 88.0 Å². The minimum Gasteiger partial charge on any atom is -0.310 e. The summed E-state index contributed by atoms with van der Waals surface area (Å²) in [6, 6.07) is 71.9. The minimum atomic E-state index is 0.633. The lowest BCUT2D eigenvalue weighted by molar-refractivity contribution is 0.443. The summed E-state index contributed by atoms with van der Waals surface area (Å²) in [5, 5.41) is 13.2. The number of hydrogen-bond acceptors (Lipinski definition) is 2. The van der Waals surface area contributed by atoms with Gasteiger partial charge in [-0.05, 0) is 224 Å². The van der Waals surface area contributed by atoms with E-state index in [1.807, 2.05) is 0 Å². The van der Waals surface area contributed by atoms with Gasteiger partial charge in [0, 0.05) is 34.1 Å². The highest BCUT2D eigenvalue weighted by atomic mass is 15.1. The van der Waals surface area contributed by atoms with E-state index in [1.165, 1.54) is 239 Å². The number of benzene rings is 10. The maximum Gasteiger partial charge on any atom is 0.0468 e. The smallest absolute Gasteiger partial charge is 0.0468 e. The third-order valence-corrected chi connectivity index (χ3v) is 19.1. The summed E-state index contributed by atoms with van der Waals surface area (Å²) >= 11 is 0. The van der Waals surface area contributed by atoms with Crippen LogP contribution in [0.3, 0.4) is 0 Å². The van der Waals surface area contributed by atoms with Crippen molar-refractivity contribution in [2.24, 2.45) is 0 Å². The molecule has 4 fully saturated rings. The van der Waals surface area contributed by atoms with E-state index < -0.39 is 0 Å². The van der Waals surface area contributed by atoms with Crippen LogP contribution in [0.1, 0.15) is 174 Å². The summed E-state index contributed by atoms with van der Waals surface area (Å²) in [7, 11) is 0. The number of hydrogen-bond donors (Lipinski definition) is 0. The van der Waals surface area contributed by atoms with Gasteiger partial charge in [-0.2, -0.15) is 0 Å². The van der Waals surface area contributed by atoms with E-state index in [4.69, 9.17) is 0 Å². The normalized spacial score (nSPS) is 17.5. The molecule has 4 aliphatic rings. The lowest BCUT2D eigenvalue weighted by Crippen LogP contribution is -2.13. The maximum absolute atomic E-state index is 2.58. The van der Waals surface area contributed by atoms with Crippen molar-refractivity contribution in [3.8, 4) is 0 Å². The van der Waals surface area contributed by atoms with Crippen molar-refractivity contribution in [3.05, 3.63) is 204 Å². The number of anilines is 6. The van der Waals surface area contributed by atoms with Crippen molar-refractivity contribution in [3.63, 3.8) is 0 Å². The molecule has 10 aromatic rings. The van der Waals surface area contributed by atoms with E-state index in [0.29, 0.717) is 23.7 Å². The van der Waals surface area contributed by atoms with Crippen molar-refractivity contribution in [1.29, 1.82) is 0 Å². The Kier molecular flexibility index (Phi) is 13.1. The molecule has 0 N–H and O–H groups in total. The standard InChI is InChI=1S/C74H74N2/c1-5-21-51(22-6-1)55-29-17-33-59(45-55)75(60-34-18-30-56(46-60)52-23-7-2-8-24-52)63-41-43-69-71(49-63)65-37-13-15-39-67(65)74-70-44-42-64(50-72(70)66-38-14-16-40-68(66)73(69)74)76(61-35-19-31-57(47-61)53-25-9-3-10-26-53)62-36-20-32-58(48-62)54-27-11-4-12-28-54/h13-20,29-54H,1-12,21-28H2. The second-order valence-corrected chi connectivity index (χ2v) is 23.7. The quantitative estimate of drug-likeness (QED) is 0.126. The average molecular weight is 991 g/mol. The van der Waals surface area contributed by atoms with Gasteiger partial charge in [0.1, 0.15) is 0 Å². The third-order valence-electron chi connectivity index (χ3n) is 19.1. The van der Waals surface area contributed by atoms with Crippen molar-refractivity contribution in [2.45, 2.75) is 152 Å². The number of fused-ring (bicyclic) bond motifs is 11. The Morgan fingerprint density at radius 2 is 0.474 bits per heavy atom. The molecule has 0 aliphatic heterocycles. The molecule has 0 atom stereocenters. The molecule has 0 heterocycles. The van der Waals surface area contributed by atoms with Gasteiger partial charge in [0.05, 0.1) is 0 Å². The summed E-state index contributed by atoms with van der Waals surface area (Å²) in [4.78, 5) is 5.16. The van der Waals surface area contributed by atoms with Crippen LogP contribution in [-0.4, -0.2) is 0 Å². The molecule has 0 amide bonds. The molecular formula is C74H74N2. The molecule has 0 saturated heterocycles. The van der Waals surface area contributed by atoms with E-state index in [2.05, 4.69) is 192 Å². The monoisotopic (exact) mass is 991 g/mol. The van der Waals surface area contributed by atoms with Crippen LogP contribution >= 0.6 is 0 Å². The van der Waals surface area contributed by atoms with Crippen LogP contribution in [0, 0.1) is 0 Å². The Morgan fingerprint density at radius 1 is 0.211 bits per heavy atom. The second-order valence-electron chi connectivity index (χ2n) is 23.7. The van der Waals surface area contributed by atoms with Gasteiger partial charge < -0.3 is 9.80 Å². The molecule has 0 spiro atoms. The van der Waals surface area contributed by atoms with Crippen LogP contribution in [0.2, 0.25) is 0 Å². The van der Waals surface area contributed by atoms with Crippen LogP contribution in [0.25, 0.3) is 53.9 Å².